The van der Waals surface area contributed by atoms with Crippen molar-refractivity contribution in [2.45, 2.75) is 0 Å². The highest BCUT2D eigenvalue weighted by atomic mass is 35.5. The van der Waals surface area contributed by atoms with Gasteiger partial charge in [0.15, 0.2) is 0 Å². The number of aromatic nitrogens is 4. The number of fused-ring (bicyclic) bond motifs is 3. The topological polar surface area (TPSA) is 105 Å². The summed E-state index contributed by atoms with van der Waals surface area (Å²) in [6, 6.07) is 17.3. The Morgan fingerprint density at radius 3 is 2.36 bits per heavy atom. The van der Waals surface area contributed by atoms with E-state index in [0.717, 1.165) is 0 Å². The summed E-state index contributed by atoms with van der Waals surface area (Å²) in [4.78, 5) is 37.1. The molecule has 1 amide bonds. The van der Waals surface area contributed by atoms with Crippen molar-refractivity contribution in [3.05, 3.63) is 86.6 Å². The number of nitrogens with zero attached hydrogens (tertiary/aromatic N) is 3. The molecule has 2 aromatic heterocycles. The molecule has 0 aliphatic carbocycles. The SMILES string of the molecule is Cn1c(Nc2c(Cl)cccc2Cl)nc2ccc3nc(NC(=O)c4ccccc4)[nH]c(=O)c3c21. The van der Waals surface area contributed by atoms with Crippen LogP contribution in [0.25, 0.3) is 21.9 Å². The predicted molar refractivity (Wildman–Crippen MR) is 131 cm³/mol. The van der Waals surface area contributed by atoms with Gasteiger partial charge in [-0.25, -0.2) is 9.97 Å². The minimum atomic E-state index is -0.403. The predicted octanol–water partition coefficient (Wildman–Crippen LogP) is 5.11. The van der Waals surface area contributed by atoms with Gasteiger partial charge in [0.1, 0.15) is 0 Å². The average Bonchev–Trinajstić information content (AvgIpc) is 3.12. The number of carbonyl (C=O) groups is 1. The van der Waals surface area contributed by atoms with E-state index in [1.54, 1.807) is 66.2 Å². The van der Waals surface area contributed by atoms with Crippen molar-refractivity contribution in [1.82, 2.24) is 19.5 Å². The smallest absolute Gasteiger partial charge is 0.262 e. The van der Waals surface area contributed by atoms with Crippen molar-refractivity contribution in [3.8, 4) is 0 Å². The molecule has 10 heteroatoms. The maximum atomic E-state index is 13.0. The van der Waals surface area contributed by atoms with Crippen LogP contribution in [0.1, 0.15) is 10.4 Å². The van der Waals surface area contributed by atoms with Crippen LogP contribution in [-0.4, -0.2) is 25.4 Å². The molecule has 0 saturated carbocycles. The minimum absolute atomic E-state index is 0.0593. The molecule has 0 bridgehead atoms. The molecule has 33 heavy (non-hydrogen) atoms. The van der Waals surface area contributed by atoms with Crippen LogP contribution in [0.3, 0.4) is 0 Å². The van der Waals surface area contributed by atoms with Crippen molar-refractivity contribution in [3.63, 3.8) is 0 Å². The molecule has 8 nitrogen and oxygen atoms in total. The molecular formula is C23H16Cl2N6O2. The van der Waals surface area contributed by atoms with E-state index >= 15 is 0 Å². The van der Waals surface area contributed by atoms with Crippen molar-refractivity contribution in [2.75, 3.05) is 10.6 Å². The zero-order chi connectivity index (χ0) is 23.1. The molecule has 3 aromatic carbocycles. The normalized spacial score (nSPS) is 11.1. The Morgan fingerprint density at radius 2 is 1.64 bits per heavy atom. The Balaban J connectivity index is 1.57. The molecule has 3 N–H and O–H groups in total. The lowest BCUT2D eigenvalue weighted by Crippen LogP contribution is -2.18. The lowest BCUT2D eigenvalue weighted by atomic mass is 10.2. The molecular weight excluding hydrogens is 463 g/mol. The minimum Gasteiger partial charge on any atom is -0.323 e. The number of anilines is 3. The Morgan fingerprint density at radius 1 is 0.939 bits per heavy atom. The van der Waals surface area contributed by atoms with Gasteiger partial charge in [-0.1, -0.05) is 47.5 Å². The van der Waals surface area contributed by atoms with Gasteiger partial charge in [0.25, 0.3) is 11.5 Å². The third-order valence-electron chi connectivity index (χ3n) is 5.17. The van der Waals surface area contributed by atoms with Crippen LogP contribution in [0, 0.1) is 0 Å². The van der Waals surface area contributed by atoms with Gasteiger partial charge in [0, 0.05) is 12.6 Å². The molecule has 0 aliphatic heterocycles. The number of carbonyl (C=O) groups excluding carboxylic acids is 1. The Kier molecular flexibility index (Phi) is 5.24. The number of hydrogen-bond acceptors (Lipinski definition) is 5. The number of amides is 1. The third kappa shape index (κ3) is 3.79. The first-order valence-electron chi connectivity index (χ1n) is 9.89. The van der Waals surface area contributed by atoms with Crippen molar-refractivity contribution in [1.29, 1.82) is 0 Å². The fourth-order valence-corrected chi connectivity index (χ4v) is 4.09. The molecule has 5 aromatic rings. The first kappa shape index (κ1) is 21.0. The van der Waals surface area contributed by atoms with Crippen molar-refractivity contribution in [2.24, 2.45) is 7.05 Å². The lowest BCUT2D eigenvalue weighted by Gasteiger charge is -2.10. The molecule has 0 fully saturated rings. The summed E-state index contributed by atoms with van der Waals surface area (Å²) in [5, 5.41) is 7.00. The van der Waals surface area contributed by atoms with E-state index in [4.69, 9.17) is 23.2 Å². The molecule has 0 unspecified atom stereocenters. The van der Waals surface area contributed by atoms with E-state index in [2.05, 4.69) is 25.6 Å². The van der Waals surface area contributed by atoms with Crippen LogP contribution in [0.5, 0.6) is 0 Å². The second kappa shape index (κ2) is 8.23. The van der Waals surface area contributed by atoms with Gasteiger partial charge in [-0.2, -0.15) is 0 Å². The van der Waals surface area contributed by atoms with E-state index in [-0.39, 0.29) is 11.9 Å². The fraction of sp³-hybridized carbons (Fsp3) is 0.0435. The van der Waals surface area contributed by atoms with Gasteiger partial charge in [-0.15, -0.1) is 0 Å². The molecule has 0 aliphatic rings. The number of H-pyrrole nitrogens is 1. The summed E-state index contributed by atoms with van der Waals surface area (Å²) in [5.74, 6) is 0.139. The number of imidazole rings is 1. The number of para-hydroxylation sites is 1. The Bertz CT molecular complexity index is 1570. The van der Waals surface area contributed by atoms with Crippen molar-refractivity contribution < 1.29 is 4.79 Å². The number of halogens is 2. The van der Waals surface area contributed by atoms with Gasteiger partial charge >= 0.3 is 0 Å². The standard InChI is InChI=1S/C23H16Cl2N6O2/c1-31-19-16(27-23(31)28-18-13(24)8-5-9-14(18)25)11-10-15-17(19)21(33)30-22(26-15)29-20(32)12-6-3-2-4-7-12/h2-11H,1H3,(H,27,28)(H2,26,29,30,32,33). The van der Waals surface area contributed by atoms with E-state index in [9.17, 15) is 9.59 Å². The molecule has 0 saturated heterocycles. The van der Waals surface area contributed by atoms with E-state index in [1.807, 2.05) is 6.07 Å². The zero-order valence-electron chi connectivity index (χ0n) is 17.2. The Labute approximate surface area is 197 Å². The number of benzene rings is 3. The van der Waals surface area contributed by atoms with Crippen LogP contribution in [0.2, 0.25) is 10.0 Å². The van der Waals surface area contributed by atoms with E-state index < -0.39 is 5.56 Å². The van der Waals surface area contributed by atoms with Gasteiger partial charge < -0.3 is 9.88 Å². The summed E-state index contributed by atoms with van der Waals surface area (Å²) >= 11 is 12.5. The molecule has 0 spiro atoms. The number of aromatic amines is 1. The van der Waals surface area contributed by atoms with Crippen molar-refractivity contribution >= 4 is 68.6 Å². The number of hydrogen-bond donors (Lipinski definition) is 3. The van der Waals surface area contributed by atoms with E-state index in [0.29, 0.717) is 49.2 Å². The summed E-state index contributed by atoms with van der Waals surface area (Å²) in [6.07, 6.45) is 0. The second-order valence-electron chi connectivity index (χ2n) is 7.28. The second-order valence-corrected chi connectivity index (χ2v) is 8.09. The van der Waals surface area contributed by atoms with Crippen LogP contribution < -0.4 is 16.2 Å². The first-order chi connectivity index (χ1) is 15.9. The molecule has 0 radical (unpaired) electrons. The van der Waals surface area contributed by atoms with Crippen LogP contribution in [-0.2, 0) is 7.05 Å². The highest BCUT2D eigenvalue weighted by Gasteiger charge is 2.17. The summed E-state index contributed by atoms with van der Waals surface area (Å²) in [7, 11) is 1.77. The van der Waals surface area contributed by atoms with Gasteiger partial charge in [0.05, 0.1) is 37.7 Å². The maximum absolute atomic E-state index is 13.0. The van der Waals surface area contributed by atoms with Crippen LogP contribution in [0.15, 0.2) is 65.5 Å². The Hall–Kier alpha value is -3.88. The number of rotatable bonds is 4. The van der Waals surface area contributed by atoms with Crippen LogP contribution >= 0.6 is 23.2 Å². The zero-order valence-corrected chi connectivity index (χ0v) is 18.7. The van der Waals surface area contributed by atoms with Crippen LogP contribution in [0.4, 0.5) is 17.6 Å². The van der Waals surface area contributed by atoms with E-state index in [1.165, 1.54) is 0 Å². The maximum Gasteiger partial charge on any atom is 0.262 e. The number of aryl methyl sites for hydroxylation is 1. The van der Waals surface area contributed by atoms with Gasteiger partial charge in [-0.3, -0.25) is 19.9 Å². The highest BCUT2D eigenvalue weighted by Crippen LogP contribution is 2.33. The monoisotopic (exact) mass is 478 g/mol. The van der Waals surface area contributed by atoms with Gasteiger partial charge in [0.2, 0.25) is 11.9 Å². The fourth-order valence-electron chi connectivity index (χ4n) is 3.60. The van der Waals surface area contributed by atoms with Gasteiger partial charge in [-0.05, 0) is 36.4 Å². The summed E-state index contributed by atoms with van der Waals surface area (Å²) in [5.41, 5.74) is 2.15. The summed E-state index contributed by atoms with van der Waals surface area (Å²) in [6.45, 7) is 0. The highest BCUT2D eigenvalue weighted by molar-refractivity contribution is 6.39. The molecule has 2 heterocycles. The lowest BCUT2D eigenvalue weighted by molar-refractivity contribution is 0.102. The largest absolute Gasteiger partial charge is 0.323 e. The average molecular weight is 479 g/mol. The number of nitrogens with one attached hydrogen (secondary N) is 3. The summed E-state index contributed by atoms with van der Waals surface area (Å²) < 4.78 is 1.73. The third-order valence-corrected chi connectivity index (χ3v) is 5.80. The molecule has 5 rings (SSSR count). The quantitative estimate of drug-likeness (QED) is 0.332. The first-order valence-corrected chi connectivity index (χ1v) is 10.6. The molecule has 0 atom stereocenters. The molecule has 164 valence electrons.